The number of anilines is 1. The molecule has 0 aliphatic carbocycles. The number of amides is 1. The van der Waals surface area contributed by atoms with Gasteiger partial charge in [-0.05, 0) is 30.5 Å². The Morgan fingerprint density at radius 3 is 2.96 bits per heavy atom. The largest absolute Gasteiger partial charge is 0.310 e. The fraction of sp³-hybridized carbons (Fsp3) is 0.188. The first kappa shape index (κ1) is 14.5. The summed E-state index contributed by atoms with van der Waals surface area (Å²) in [7, 11) is 0. The van der Waals surface area contributed by atoms with E-state index in [1.165, 1.54) is 4.88 Å². The van der Waals surface area contributed by atoms with Crippen molar-refractivity contribution in [2.75, 3.05) is 11.1 Å². The van der Waals surface area contributed by atoms with Gasteiger partial charge in [0.15, 0.2) is 5.82 Å². The molecule has 5 nitrogen and oxygen atoms in total. The van der Waals surface area contributed by atoms with E-state index in [0.29, 0.717) is 11.6 Å². The highest BCUT2D eigenvalue weighted by Crippen LogP contribution is 2.44. The van der Waals surface area contributed by atoms with E-state index in [1.54, 1.807) is 34.0 Å². The molecule has 3 aromatic rings. The van der Waals surface area contributed by atoms with Crippen LogP contribution in [-0.2, 0) is 4.79 Å². The topological polar surface area (TPSA) is 59.8 Å². The number of hydrogen-bond donors (Lipinski definition) is 1. The maximum Gasteiger partial charge on any atom is 0.235 e. The number of thiophene rings is 1. The molecule has 0 saturated carbocycles. The molecule has 0 spiro atoms. The number of carbonyl (C=O) groups excluding carboxylic acids is 1. The Bertz CT molecular complexity index is 843. The summed E-state index contributed by atoms with van der Waals surface area (Å²) in [5.41, 5.74) is 1.98. The van der Waals surface area contributed by atoms with E-state index in [9.17, 15) is 4.79 Å². The van der Waals surface area contributed by atoms with Gasteiger partial charge >= 0.3 is 0 Å². The van der Waals surface area contributed by atoms with Crippen LogP contribution in [0.1, 0.15) is 21.4 Å². The zero-order valence-electron chi connectivity index (χ0n) is 12.4. The number of fused-ring (bicyclic) bond motifs is 1. The second-order valence-corrected chi connectivity index (χ2v) is 7.27. The van der Waals surface area contributed by atoms with Crippen molar-refractivity contribution in [2.24, 2.45) is 0 Å². The van der Waals surface area contributed by atoms with Gasteiger partial charge in [0.05, 0.1) is 16.7 Å². The smallest absolute Gasteiger partial charge is 0.235 e. The number of rotatable bonds is 2. The molecule has 1 amide bonds. The summed E-state index contributed by atoms with van der Waals surface area (Å²) in [5.74, 6) is 1.86. The van der Waals surface area contributed by atoms with Crippen LogP contribution in [-0.4, -0.2) is 26.4 Å². The van der Waals surface area contributed by atoms with Crippen molar-refractivity contribution in [3.05, 3.63) is 58.0 Å². The highest BCUT2D eigenvalue weighted by molar-refractivity contribution is 8.00. The Morgan fingerprint density at radius 2 is 2.22 bits per heavy atom. The molecular formula is C16H14N4OS2. The van der Waals surface area contributed by atoms with Crippen LogP contribution in [0.25, 0.3) is 5.82 Å². The fourth-order valence-corrected chi connectivity index (χ4v) is 4.86. The van der Waals surface area contributed by atoms with Gasteiger partial charge in [-0.2, -0.15) is 9.78 Å². The average molecular weight is 342 g/mol. The van der Waals surface area contributed by atoms with Gasteiger partial charge in [0.25, 0.3) is 0 Å². The Hall–Kier alpha value is -2.12. The summed E-state index contributed by atoms with van der Waals surface area (Å²) in [6.45, 7) is 1.98. The summed E-state index contributed by atoms with van der Waals surface area (Å²) in [6.07, 6.45) is 1.72. The predicted molar refractivity (Wildman–Crippen MR) is 93.3 cm³/mol. The molecule has 1 aliphatic heterocycles. The summed E-state index contributed by atoms with van der Waals surface area (Å²) in [4.78, 5) is 17.8. The maximum absolute atomic E-state index is 12.2. The summed E-state index contributed by atoms with van der Waals surface area (Å²) < 4.78 is 1.73. The monoisotopic (exact) mass is 342 g/mol. The summed E-state index contributed by atoms with van der Waals surface area (Å²) in [6, 6.07) is 9.81. The molecule has 0 aromatic carbocycles. The van der Waals surface area contributed by atoms with Crippen molar-refractivity contribution in [2.45, 2.75) is 12.2 Å². The molecule has 0 saturated heterocycles. The lowest BCUT2D eigenvalue weighted by atomic mass is 10.1. The molecule has 0 radical (unpaired) electrons. The van der Waals surface area contributed by atoms with Crippen LogP contribution in [0.3, 0.4) is 0 Å². The van der Waals surface area contributed by atoms with Gasteiger partial charge in [-0.25, -0.2) is 4.98 Å². The Balaban J connectivity index is 1.91. The lowest BCUT2D eigenvalue weighted by Gasteiger charge is -2.12. The molecular weight excluding hydrogens is 328 g/mol. The van der Waals surface area contributed by atoms with Gasteiger partial charge in [0.1, 0.15) is 5.82 Å². The first-order valence-corrected chi connectivity index (χ1v) is 9.12. The van der Waals surface area contributed by atoms with Crippen molar-refractivity contribution in [3.8, 4) is 5.82 Å². The van der Waals surface area contributed by atoms with Crippen LogP contribution >= 0.6 is 23.1 Å². The maximum atomic E-state index is 12.2. The zero-order valence-corrected chi connectivity index (χ0v) is 14.0. The Morgan fingerprint density at radius 1 is 1.30 bits per heavy atom. The number of hydrogen-bond acceptors (Lipinski definition) is 5. The molecule has 116 valence electrons. The molecule has 1 N–H and O–H groups in total. The fourth-order valence-electron chi connectivity index (χ4n) is 2.69. The first-order chi connectivity index (χ1) is 11.2. The lowest BCUT2D eigenvalue weighted by Crippen LogP contribution is -2.16. The number of carbonyl (C=O) groups is 1. The first-order valence-electron chi connectivity index (χ1n) is 7.20. The van der Waals surface area contributed by atoms with E-state index in [4.69, 9.17) is 0 Å². The second-order valence-electron chi connectivity index (χ2n) is 5.20. The van der Waals surface area contributed by atoms with Crippen molar-refractivity contribution in [3.63, 3.8) is 0 Å². The van der Waals surface area contributed by atoms with Gasteiger partial charge < -0.3 is 5.32 Å². The number of pyridine rings is 1. The summed E-state index contributed by atoms with van der Waals surface area (Å²) >= 11 is 3.34. The van der Waals surface area contributed by atoms with Crippen LogP contribution in [0.4, 0.5) is 5.82 Å². The van der Waals surface area contributed by atoms with Gasteiger partial charge in [-0.15, -0.1) is 23.1 Å². The minimum atomic E-state index is -0.00705. The number of nitrogens with one attached hydrogen (secondary N) is 1. The molecule has 1 aliphatic rings. The van der Waals surface area contributed by atoms with Gasteiger partial charge in [-0.3, -0.25) is 4.79 Å². The third-order valence-electron chi connectivity index (χ3n) is 3.68. The zero-order chi connectivity index (χ0) is 15.8. The van der Waals surface area contributed by atoms with Crippen LogP contribution in [0.15, 0.2) is 41.9 Å². The SMILES string of the molecule is Cc1nn(-c2ccccn2)c2c1[C@H](c1cccs1)SCC(=O)N2. The molecule has 4 rings (SSSR count). The van der Waals surface area contributed by atoms with Gasteiger partial charge in [0, 0.05) is 16.6 Å². The average Bonchev–Trinajstić information content (AvgIpc) is 3.15. The quantitative estimate of drug-likeness (QED) is 0.775. The van der Waals surface area contributed by atoms with Crippen LogP contribution in [0, 0.1) is 6.92 Å². The normalized spacial score (nSPS) is 17.4. The molecule has 7 heteroatoms. The molecule has 0 bridgehead atoms. The van der Waals surface area contributed by atoms with Gasteiger partial charge in [0.2, 0.25) is 5.91 Å². The number of aromatic nitrogens is 3. The molecule has 0 fully saturated rings. The molecule has 3 aromatic heterocycles. The van der Waals surface area contributed by atoms with Gasteiger partial charge in [-0.1, -0.05) is 12.1 Å². The van der Waals surface area contributed by atoms with Crippen molar-refractivity contribution in [1.82, 2.24) is 14.8 Å². The highest BCUT2D eigenvalue weighted by atomic mass is 32.2. The Labute approximate surface area is 141 Å². The molecule has 4 heterocycles. The van der Waals surface area contributed by atoms with Crippen molar-refractivity contribution >= 4 is 34.8 Å². The number of aryl methyl sites for hydroxylation is 1. The van der Waals surface area contributed by atoms with E-state index in [0.717, 1.165) is 17.1 Å². The van der Waals surface area contributed by atoms with Crippen molar-refractivity contribution < 1.29 is 4.79 Å². The molecule has 23 heavy (non-hydrogen) atoms. The third-order valence-corrected chi connectivity index (χ3v) is 6.01. The Kier molecular flexibility index (Phi) is 3.66. The standard InChI is InChI=1S/C16H14N4OS2/c1-10-14-15(11-5-4-8-22-11)23-9-13(21)18-16(14)20(19-10)12-6-2-3-7-17-12/h2-8,15H,9H2,1H3,(H,18,21)/t15-/m0/s1. The van der Waals surface area contributed by atoms with E-state index < -0.39 is 0 Å². The van der Waals surface area contributed by atoms with E-state index in [2.05, 4.69) is 26.8 Å². The predicted octanol–water partition coefficient (Wildman–Crippen LogP) is 3.41. The van der Waals surface area contributed by atoms with Crippen LogP contribution in [0.2, 0.25) is 0 Å². The second kappa shape index (κ2) is 5.82. The minimum Gasteiger partial charge on any atom is -0.310 e. The minimum absolute atomic E-state index is 0.00705. The van der Waals surface area contributed by atoms with Crippen LogP contribution < -0.4 is 5.32 Å². The third kappa shape index (κ3) is 2.55. The summed E-state index contributed by atoms with van der Waals surface area (Å²) in [5, 5.41) is 9.81. The van der Waals surface area contributed by atoms with E-state index >= 15 is 0 Å². The number of nitrogens with zero attached hydrogens (tertiary/aromatic N) is 3. The van der Waals surface area contributed by atoms with Crippen molar-refractivity contribution in [1.29, 1.82) is 0 Å². The lowest BCUT2D eigenvalue weighted by molar-refractivity contribution is -0.113. The van der Waals surface area contributed by atoms with E-state index in [1.807, 2.05) is 31.2 Å². The highest BCUT2D eigenvalue weighted by Gasteiger charge is 2.31. The number of thioether (sulfide) groups is 1. The molecule has 1 atom stereocenters. The van der Waals surface area contributed by atoms with E-state index in [-0.39, 0.29) is 11.2 Å². The molecule has 0 unspecified atom stereocenters. The van der Waals surface area contributed by atoms with Crippen LogP contribution in [0.5, 0.6) is 0 Å².